The Labute approximate surface area is 151 Å². The van der Waals surface area contributed by atoms with Crippen molar-refractivity contribution in [3.63, 3.8) is 0 Å². The van der Waals surface area contributed by atoms with Crippen LogP contribution in [0.15, 0.2) is 52.1 Å². The summed E-state index contributed by atoms with van der Waals surface area (Å²) in [7, 11) is -3.66. The molecule has 2 N–H and O–H groups in total. The minimum absolute atomic E-state index is 0.225. The molecule has 3 aromatic rings. The Balaban J connectivity index is 1.64. The Hall–Kier alpha value is -2.45. The molecule has 1 aromatic carbocycles. The Morgan fingerprint density at radius 3 is 2.54 bits per heavy atom. The molecule has 0 radical (unpaired) electrons. The molecule has 0 bridgehead atoms. The van der Waals surface area contributed by atoms with Gasteiger partial charge < -0.3 is 10.3 Å². The third-order valence-corrected chi connectivity index (χ3v) is 6.53. The zero-order valence-corrected chi connectivity index (χ0v) is 15.2. The summed E-state index contributed by atoms with van der Waals surface area (Å²) >= 11 is 0. The normalized spacial score (nSPS) is 16.8. The third-order valence-electron chi connectivity index (χ3n) is 4.88. The average molecular weight is 372 g/mol. The summed E-state index contributed by atoms with van der Waals surface area (Å²) in [5.41, 5.74) is 7.35. The fraction of sp³-hybridized carbons (Fsp3) is 0.333. The fourth-order valence-electron chi connectivity index (χ4n) is 3.26. The lowest BCUT2D eigenvalue weighted by molar-refractivity contribution is 0.372. The molecule has 2 aromatic heterocycles. The van der Waals surface area contributed by atoms with Crippen molar-refractivity contribution in [3.8, 4) is 11.5 Å². The second-order valence-electron chi connectivity index (χ2n) is 6.83. The van der Waals surface area contributed by atoms with E-state index in [1.807, 2.05) is 6.92 Å². The van der Waals surface area contributed by atoms with Gasteiger partial charge in [-0.1, -0.05) is 35.7 Å². The van der Waals surface area contributed by atoms with Crippen LogP contribution in [0.3, 0.4) is 0 Å². The number of rotatable bonds is 4. The highest BCUT2D eigenvalue weighted by molar-refractivity contribution is 7.90. The number of nitrogens with zero attached hydrogens (tertiary/aromatic N) is 3. The Morgan fingerprint density at radius 1 is 1.15 bits per heavy atom. The lowest BCUT2D eigenvalue weighted by Crippen LogP contribution is -2.34. The molecule has 136 valence electrons. The van der Waals surface area contributed by atoms with E-state index in [0.717, 1.165) is 35.2 Å². The van der Waals surface area contributed by atoms with Crippen molar-refractivity contribution in [1.29, 1.82) is 0 Å². The Bertz CT molecular complexity index is 1030. The predicted molar refractivity (Wildman–Crippen MR) is 95.8 cm³/mol. The fourth-order valence-corrected chi connectivity index (χ4v) is 4.45. The number of benzene rings is 1. The van der Waals surface area contributed by atoms with E-state index in [-0.39, 0.29) is 10.8 Å². The number of aromatic nitrogens is 3. The molecule has 0 amide bonds. The minimum Gasteiger partial charge on any atom is -0.334 e. The van der Waals surface area contributed by atoms with E-state index in [1.165, 1.54) is 12.4 Å². The van der Waals surface area contributed by atoms with Crippen molar-refractivity contribution in [2.24, 2.45) is 5.73 Å². The average Bonchev–Trinajstić information content (AvgIpc) is 3.35. The van der Waals surface area contributed by atoms with Crippen LogP contribution in [0.5, 0.6) is 0 Å². The molecule has 0 unspecified atom stereocenters. The summed E-state index contributed by atoms with van der Waals surface area (Å²) in [4.78, 5) is 4.63. The van der Waals surface area contributed by atoms with Gasteiger partial charge in [-0.2, -0.15) is 4.98 Å². The van der Waals surface area contributed by atoms with E-state index < -0.39 is 15.6 Å². The molecule has 4 rings (SSSR count). The van der Waals surface area contributed by atoms with Crippen LogP contribution in [0.25, 0.3) is 11.5 Å². The number of hydrogen-bond acceptors (Lipinski definition) is 6. The van der Waals surface area contributed by atoms with Crippen LogP contribution >= 0.6 is 0 Å². The van der Waals surface area contributed by atoms with E-state index in [9.17, 15) is 8.42 Å². The predicted octanol–water partition coefficient (Wildman–Crippen LogP) is 2.81. The molecule has 1 saturated carbocycles. The van der Waals surface area contributed by atoms with Crippen LogP contribution in [-0.4, -0.2) is 22.5 Å². The van der Waals surface area contributed by atoms with Gasteiger partial charge in [0.1, 0.15) is 0 Å². The van der Waals surface area contributed by atoms with Gasteiger partial charge in [0.2, 0.25) is 0 Å². The maximum absolute atomic E-state index is 12.7. The van der Waals surface area contributed by atoms with E-state index in [1.54, 1.807) is 30.3 Å². The van der Waals surface area contributed by atoms with E-state index in [2.05, 4.69) is 10.1 Å². The second-order valence-corrected chi connectivity index (χ2v) is 8.68. The monoisotopic (exact) mass is 372 g/mol. The van der Waals surface area contributed by atoms with Crippen molar-refractivity contribution in [3.05, 3.63) is 54.1 Å². The summed E-state index contributed by atoms with van der Waals surface area (Å²) in [6, 6.07) is 8.36. The molecule has 0 atom stereocenters. The van der Waals surface area contributed by atoms with Gasteiger partial charge in [-0.25, -0.2) is 12.4 Å². The van der Waals surface area contributed by atoms with Gasteiger partial charge >= 0.3 is 0 Å². The molecule has 0 saturated heterocycles. The zero-order valence-electron chi connectivity index (χ0n) is 14.4. The molecule has 0 aliphatic heterocycles. The molecule has 1 fully saturated rings. The highest BCUT2D eigenvalue weighted by atomic mass is 32.2. The van der Waals surface area contributed by atoms with Crippen LogP contribution in [0.4, 0.5) is 0 Å². The summed E-state index contributed by atoms with van der Waals surface area (Å²) in [6.45, 7) is 1.91. The first-order valence-electron chi connectivity index (χ1n) is 8.52. The maximum atomic E-state index is 12.7. The van der Waals surface area contributed by atoms with Crippen LogP contribution in [0, 0.1) is 6.92 Å². The summed E-state index contributed by atoms with van der Waals surface area (Å²) in [6.07, 6.45) is 6.70. The third kappa shape index (κ3) is 2.85. The molecule has 2 heterocycles. The molecule has 1 aliphatic carbocycles. The lowest BCUT2D eigenvalue weighted by Gasteiger charge is -2.17. The van der Waals surface area contributed by atoms with Gasteiger partial charge in [0, 0.05) is 12.4 Å². The number of nitrogens with two attached hydrogens (primary N) is 1. The molecule has 0 spiro atoms. The van der Waals surface area contributed by atoms with Gasteiger partial charge in [-0.3, -0.25) is 0 Å². The van der Waals surface area contributed by atoms with Crippen molar-refractivity contribution in [1.82, 2.24) is 14.1 Å². The van der Waals surface area contributed by atoms with Crippen molar-refractivity contribution in [2.45, 2.75) is 43.0 Å². The second kappa shape index (κ2) is 6.07. The highest BCUT2D eigenvalue weighted by Crippen LogP contribution is 2.35. The largest absolute Gasteiger partial charge is 0.334 e. The molecule has 7 nitrogen and oxygen atoms in total. The summed E-state index contributed by atoms with van der Waals surface area (Å²) in [5.74, 6) is 0.758. The van der Waals surface area contributed by atoms with Crippen LogP contribution in [-0.2, 0) is 15.6 Å². The molecular formula is C18H20N4O3S. The van der Waals surface area contributed by atoms with Crippen LogP contribution < -0.4 is 5.73 Å². The summed E-state index contributed by atoms with van der Waals surface area (Å²) in [5, 5.41) is 4.02. The Morgan fingerprint density at radius 2 is 1.85 bits per heavy atom. The van der Waals surface area contributed by atoms with Crippen LogP contribution in [0.1, 0.15) is 37.1 Å². The lowest BCUT2D eigenvalue weighted by atomic mass is 9.99. The standard InChI is InChI=1S/C18H20N4O3S/c1-13-4-6-15(7-5-13)26(23,24)22-11-8-14(12-22)16-20-17(21-25-16)18(19)9-2-3-10-18/h4-8,11-12H,2-3,9-10,19H2,1H3. The van der Waals surface area contributed by atoms with E-state index in [4.69, 9.17) is 10.3 Å². The van der Waals surface area contributed by atoms with Crippen molar-refractivity contribution >= 4 is 10.0 Å². The SMILES string of the molecule is Cc1ccc(S(=O)(=O)n2ccc(-c3nc(C4(N)CCCC4)no3)c2)cc1. The van der Waals surface area contributed by atoms with Gasteiger partial charge in [0.05, 0.1) is 16.0 Å². The van der Waals surface area contributed by atoms with E-state index >= 15 is 0 Å². The molecule has 8 heteroatoms. The Kier molecular flexibility index (Phi) is 3.96. The topological polar surface area (TPSA) is 104 Å². The molecular weight excluding hydrogens is 352 g/mol. The molecule has 1 aliphatic rings. The van der Waals surface area contributed by atoms with Gasteiger partial charge in [0.25, 0.3) is 15.9 Å². The smallest absolute Gasteiger partial charge is 0.267 e. The van der Waals surface area contributed by atoms with Gasteiger partial charge in [0.15, 0.2) is 5.82 Å². The minimum atomic E-state index is -3.66. The van der Waals surface area contributed by atoms with Crippen molar-refractivity contribution in [2.75, 3.05) is 0 Å². The molecule has 26 heavy (non-hydrogen) atoms. The maximum Gasteiger partial charge on any atom is 0.267 e. The van der Waals surface area contributed by atoms with E-state index in [0.29, 0.717) is 11.4 Å². The first kappa shape index (κ1) is 17.0. The summed E-state index contributed by atoms with van der Waals surface area (Å²) < 4.78 is 31.9. The highest BCUT2D eigenvalue weighted by Gasteiger charge is 2.36. The quantitative estimate of drug-likeness (QED) is 0.755. The van der Waals surface area contributed by atoms with Gasteiger partial charge in [-0.15, -0.1) is 0 Å². The van der Waals surface area contributed by atoms with Gasteiger partial charge in [-0.05, 0) is 38.0 Å². The number of aryl methyl sites for hydroxylation is 1. The zero-order chi connectivity index (χ0) is 18.4. The van der Waals surface area contributed by atoms with Crippen LogP contribution in [0.2, 0.25) is 0 Å². The first-order valence-corrected chi connectivity index (χ1v) is 9.96. The first-order chi connectivity index (χ1) is 12.4. The number of hydrogen-bond donors (Lipinski definition) is 1. The van der Waals surface area contributed by atoms with Crippen molar-refractivity contribution < 1.29 is 12.9 Å².